The molecular weight excluding hydrogens is 300 g/mol. The fraction of sp³-hybridized carbons (Fsp3) is 0.588. The lowest BCUT2D eigenvalue weighted by molar-refractivity contribution is -0.125. The molecule has 2 unspecified atom stereocenters. The number of fused-ring (bicyclic) bond motifs is 2. The molecule has 3 aliphatic carbocycles. The van der Waals surface area contributed by atoms with Crippen molar-refractivity contribution in [3.8, 4) is 0 Å². The fourth-order valence-corrected chi connectivity index (χ4v) is 5.85. The van der Waals surface area contributed by atoms with Crippen molar-refractivity contribution in [2.45, 2.75) is 40.0 Å². The van der Waals surface area contributed by atoms with Crippen LogP contribution in [-0.2, 0) is 14.9 Å². The summed E-state index contributed by atoms with van der Waals surface area (Å²) in [4.78, 5) is 13.1. The van der Waals surface area contributed by atoms with Crippen molar-refractivity contribution in [3.63, 3.8) is 0 Å². The van der Waals surface area contributed by atoms with Crippen molar-refractivity contribution in [1.29, 1.82) is 0 Å². The molecule has 120 valence electrons. The summed E-state index contributed by atoms with van der Waals surface area (Å²) < 4.78 is 32.3. The molecular formula is C17H22O4S. The standard InChI is InChI=1S/C17H22O4S/c1-11-4-6-12(7-5-11)14-13-8-9-17(15(14)18,16(13,2)3)10-22(19,20)21/h4-6,13H,7-10H2,1-3H3,(H,19,20,21). The SMILES string of the molecule is CC1=CCC(=C2C(=O)C3(CS(=O)(=O)O)CCC2C3(C)C)C=C1. The molecule has 0 aromatic rings. The Morgan fingerprint density at radius 1 is 1.32 bits per heavy atom. The summed E-state index contributed by atoms with van der Waals surface area (Å²) in [6.07, 6.45) is 8.14. The van der Waals surface area contributed by atoms with Crippen LogP contribution in [0.15, 0.2) is 34.9 Å². The van der Waals surface area contributed by atoms with E-state index in [1.807, 2.05) is 32.9 Å². The molecule has 3 aliphatic rings. The largest absolute Gasteiger partial charge is 0.294 e. The molecule has 2 bridgehead atoms. The van der Waals surface area contributed by atoms with E-state index in [4.69, 9.17) is 0 Å². The maximum atomic E-state index is 13.1. The van der Waals surface area contributed by atoms with Gasteiger partial charge in [-0.05, 0) is 43.1 Å². The first-order valence-corrected chi connectivity index (χ1v) is 9.27. The van der Waals surface area contributed by atoms with Gasteiger partial charge >= 0.3 is 0 Å². The van der Waals surface area contributed by atoms with E-state index in [1.54, 1.807) is 0 Å². The number of carbonyl (C=O) groups excluding carboxylic acids is 1. The molecule has 22 heavy (non-hydrogen) atoms. The predicted octanol–water partition coefficient (Wildman–Crippen LogP) is 3.08. The van der Waals surface area contributed by atoms with Gasteiger partial charge in [-0.2, -0.15) is 8.42 Å². The predicted molar refractivity (Wildman–Crippen MR) is 84.9 cm³/mol. The smallest absolute Gasteiger partial charge is 0.265 e. The molecule has 3 rings (SSSR count). The van der Waals surface area contributed by atoms with Crippen LogP contribution in [0.2, 0.25) is 0 Å². The third kappa shape index (κ3) is 2.06. The normalized spacial score (nSPS) is 36.8. The Balaban J connectivity index is 2.11. The highest BCUT2D eigenvalue weighted by Crippen LogP contribution is 2.66. The Morgan fingerprint density at radius 3 is 2.55 bits per heavy atom. The van der Waals surface area contributed by atoms with Gasteiger partial charge in [0.1, 0.15) is 0 Å². The molecule has 2 saturated carbocycles. The van der Waals surface area contributed by atoms with E-state index in [0.717, 1.165) is 24.0 Å². The summed E-state index contributed by atoms with van der Waals surface area (Å²) in [6, 6.07) is 0. The van der Waals surface area contributed by atoms with E-state index in [2.05, 4.69) is 6.08 Å². The van der Waals surface area contributed by atoms with Crippen molar-refractivity contribution in [3.05, 3.63) is 34.9 Å². The number of allylic oxidation sites excluding steroid dienone is 6. The lowest BCUT2D eigenvalue weighted by Gasteiger charge is -2.34. The molecule has 0 spiro atoms. The van der Waals surface area contributed by atoms with Gasteiger partial charge in [-0.1, -0.05) is 37.6 Å². The van der Waals surface area contributed by atoms with Crippen LogP contribution in [0.3, 0.4) is 0 Å². The first-order valence-electron chi connectivity index (χ1n) is 7.66. The van der Waals surface area contributed by atoms with Crippen LogP contribution in [0.25, 0.3) is 0 Å². The zero-order valence-corrected chi connectivity index (χ0v) is 14.0. The third-order valence-corrected chi connectivity index (χ3v) is 6.82. The summed E-state index contributed by atoms with van der Waals surface area (Å²) in [6.45, 7) is 5.95. The molecule has 5 heteroatoms. The summed E-state index contributed by atoms with van der Waals surface area (Å²) in [5.41, 5.74) is 1.56. The number of ketones is 1. The van der Waals surface area contributed by atoms with Gasteiger partial charge < -0.3 is 0 Å². The van der Waals surface area contributed by atoms with Crippen molar-refractivity contribution in [2.75, 3.05) is 5.75 Å². The molecule has 0 amide bonds. The minimum absolute atomic E-state index is 0.0704. The van der Waals surface area contributed by atoms with E-state index in [9.17, 15) is 17.8 Å². The second-order valence-electron chi connectivity index (χ2n) is 7.37. The molecule has 2 fully saturated rings. The van der Waals surface area contributed by atoms with Gasteiger partial charge in [-0.15, -0.1) is 0 Å². The van der Waals surface area contributed by atoms with Crippen molar-refractivity contribution in [2.24, 2.45) is 16.7 Å². The maximum Gasteiger partial charge on any atom is 0.265 e. The quantitative estimate of drug-likeness (QED) is 0.626. The van der Waals surface area contributed by atoms with Gasteiger partial charge in [0.25, 0.3) is 10.1 Å². The van der Waals surface area contributed by atoms with Gasteiger partial charge in [-0.25, -0.2) is 0 Å². The monoisotopic (exact) mass is 322 g/mol. The van der Waals surface area contributed by atoms with E-state index >= 15 is 0 Å². The maximum absolute atomic E-state index is 13.1. The first kappa shape index (κ1) is 15.7. The van der Waals surface area contributed by atoms with Crippen LogP contribution in [0.4, 0.5) is 0 Å². The van der Waals surface area contributed by atoms with Crippen LogP contribution in [-0.4, -0.2) is 24.5 Å². The van der Waals surface area contributed by atoms with Crippen molar-refractivity contribution >= 4 is 15.9 Å². The van der Waals surface area contributed by atoms with Gasteiger partial charge in [0.2, 0.25) is 0 Å². The van der Waals surface area contributed by atoms with E-state index in [1.165, 1.54) is 5.57 Å². The van der Waals surface area contributed by atoms with Crippen LogP contribution in [0, 0.1) is 16.7 Å². The molecule has 0 radical (unpaired) electrons. The molecule has 0 aromatic heterocycles. The van der Waals surface area contributed by atoms with Gasteiger partial charge in [0.05, 0.1) is 11.2 Å². The molecule has 0 heterocycles. The summed E-state index contributed by atoms with van der Waals surface area (Å²) in [5, 5.41) is 0. The van der Waals surface area contributed by atoms with Crippen molar-refractivity contribution < 1.29 is 17.8 Å². The van der Waals surface area contributed by atoms with Crippen LogP contribution < -0.4 is 0 Å². The highest BCUT2D eigenvalue weighted by atomic mass is 32.2. The van der Waals surface area contributed by atoms with Crippen LogP contribution in [0.1, 0.15) is 40.0 Å². The van der Waals surface area contributed by atoms with Gasteiger partial charge in [-0.3, -0.25) is 9.35 Å². The number of Topliss-reactive ketones (excluding diaryl/α,β-unsaturated/α-hetero) is 1. The zero-order chi connectivity index (χ0) is 16.3. The summed E-state index contributed by atoms with van der Waals surface area (Å²) in [5.74, 6) is -0.454. The molecule has 2 atom stereocenters. The molecule has 4 nitrogen and oxygen atoms in total. The number of hydrogen-bond acceptors (Lipinski definition) is 3. The van der Waals surface area contributed by atoms with Gasteiger partial charge in [0.15, 0.2) is 5.78 Å². The minimum atomic E-state index is -4.19. The Hall–Kier alpha value is -1.20. The zero-order valence-electron chi connectivity index (χ0n) is 13.2. The molecule has 0 saturated heterocycles. The van der Waals surface area contributed by atoms with E-state index < -0.39 is 26.7 Å². The van der Waals surface area contributed by atoms with E-state index in [0.29, 0.717) is 6.42 Å². The summed E-state index contributed by atoms with van der Waals surface area (Å²) >= 11 is 0. The second kappa shape index (κ2) is 4.65. The Kier molecular flexibility index (Phi) is 3.31. The Bertz CT molecular complexity index is 737. The van der Waals surface area contributed by atoms with Crippen LogP contribution >= 0.6 is 0 Å². The number of rotatable bonds is 2. The van der Waals surface area contributed by atoms with E-state index in [-0.39, 0.29) is 11.7 Å². The lowest BCUT2D eigenvalue weighted by atomic mass is 9.70. The minimum Gasteiger partial charge on any atom is -0.294 e. The molecule has 0 aromatic carbocycles. The lowest BCUT2D eigenvalue weighted by Crippen LogP contribution is -2.42. The third-order valence-electron chi connectivity index (χ3n) is 5.96. The average Bonchev–Trinajstić information content (AvgIpc) is 2.71. The van der Waals surface area contributed by atoms with Crippen LogP contribution in [0.5, 0.6) is 0 Å². The Labute approximate surface area is 131 Å². The number of carbonyl (C=O) groups is 1. The Morgan fingerprint density at radius 2 is 2.00 bits per heavy atom. The van der Waals surface area contributed by atoms with Gasteiger partial charge in [0, 0.05) is 5.57 Å². The summed E-state index contributed by atoms with van der Waals surface area (Å²) in [7, 11) is -4.19. The molecule has 1 N–H and O–H groups in total. The topological polar surface area (TPSA) is 71.4 Å². The van der Waals surface area contributed by atoms with Crippen molar-refractivity contribution in [1.82, 2.24) is 0 Å². The molecule has 0 aliphatic heterocycles. The second-order valence-corrected chi connectivity index (χ2v) is 8.83. The number of hydrogen-bond donors (Lipinski definition) is 1. The first-order chi connectivity index (χ1) is 10.1. The highest BCUT2D eigenvalue weighted by molar-refractivity contribution is 7.85. The highest BCUT2D eigenvalue weighted by Gasteiger charge is 2.68. The fourth-order valence-electron chi connectivity index (χ4n) is 4.58. The average molecular weight is 322 g/mol.